The van der Waals surface area contributed by atoms with E-state index >= 15 is 0 Å². The molecule has 12 aromatic carbocycles. The van der Waals surface area contributed by atoms with Crippen molar-refractivity contribution in [1.29, 1.82) is 0 Å². The molecule has 0 atom stereocenters. The third kappa shape index (κ3) is 6.57. The van der Waals surface area contributed by atoms with Gasteiger partial charge in [-0.25, -0.2) is 0 Å². The molecule has 1 aliphatic carbocycles. The molecule has 71 heavy (non-hydrogen) atoms. The van der Waals surface area contributed by atoms with Crippen LogP contribution in [0.2, 0.25) is 0 Å². The molecular formula is C69H45NO. The van der Waals surface area contributed by atoms with Crippen LogP contribution in [0.15, 0.2) is 277 Å². The lowest BCUT2D eigenvalue weighted by Gasteiger charge is -2.35. The molecule has 332 valence electrons. The third-order valence-corrected chi connectivity index (χ3v) is 14.9. The Labute approximate surface area is 413 Å². The van der Waals surface area contributed by atoms with Crippen molar-refractivity contribution in [1.82, 2.24) is 0 Å². The van der Waals surface area contributed by atoms with Gasteiger partial charge in [-0.3, -0.25) is 0 Å². The van der Waals surface area contributed by atoms with Crippen LogP contribution in [0, 0.1) is 0 Å². The van der Waals surface area contributed by atoms with E-state index in [1.807, 2.05) is 0 Å². The Balaban J connectivity index is 0.963. The van der Waals surface area contributed by atoms with Crippen LogP contribution in [0.3, 0.4) is 0 Å². The average Bonchev–Trinajstić information content (AvgIpc) is 3.95. The van der Waals surface area contributed by atoms with Crippen molar-refractivity contribution >= 4 is 60.5 Å². The van der Waals surface area contributed by atoms with Gasteiger partial charge in [0.1, 0.15) is 11.2 Å². The fourth-order valence-corrected chi connectivity index (χ4v) is 11.7. The van der Waals surface area contributed by atoms with E-state index in [2.05, 4.69) is 278 Å². The maximum absolute atomic E-state index is 6.52. The molecule has 1 aliphatic rings. The second kappa shape index (κ2) is 16.5. The predicted octanol–water partition coefficient (Wildman–Crippen LogP) is 18.7. The highest BCUT2D eigenvalue weighted by atomic mass is 16.3. The molecule has 0 aliphatic heterocycles. The molecule has 0 radical (unpaired) electrons. The third-order valence-electron chi connectivity index (χ3n) is 14.9. The first kappa shape index (κ1) is 40.8. The van der Waals surface area contributed by atoms with Gasteiger partial charge in [-0.1, -0.05) is 212 Å². The summed E-state index contributed by atoms with van der Waals surface area (Å²) in [5.74, 6) is 0. The van der Waals surface area contributed by atoms with E-state index in [9.17, 15) is 0 Å². The van der Waals surface area contributed by atoms with E-state index < -0.39 is 5.41 Å². The monoisotopic (exact) mass is 903 g/mol. The largest absolute Gasteiger partial charge is 0.456 e. The highest BCUT2D eigenvalue weighted by molar-refractivity contribution is 6.11. The fourth-order valence-electron chi connectivity index (χ4n) is 11.7. The molecule has 1 aromatic heterocycles. The molecule has 14 rings (SSSR count). The van der Waals surface area contributed by atoms with Crippen molar-refractivity contribution in [2.24, 2.45) is 0 Å². The topological polar surface area (TPSA) is 16.4 Å². The Hall–Kier alpha value is -9.24. The van der Waals surface area contributed by atoms with Gasteiger partial charge in [0.05, 0.1) is 11.1 Å². The summed E-state index contributed by atoms with van der Waals surface area (Å²) in [7, 11) is 0. The molecule has 0 unspecified atom stereocenters. The molecule has 0 saturated carbocycles. The zero-order chi connectivity index (χ0) is 46.9. The van der Waals surface area contributed by atoms with Gasteiger partial charge in [0, 0.05) is 27.7 Å². The van der Waals surface area contributed by atoms with Gasteiger partial charge in [-0.15, -0.1) is 0 Å². The molecule has 1 heterocycles. The quantitative estimate of drug-likeness (QED) is 0.151. The lowest BCUT2D eigenvalue weighted by atomic mass is 9.67. The number of hydrogen-bond donors (Lipinski definition) is 0. The fraction of sp³-hybridized carbons (Fsp3) is 0.0145. The zero-order valence-corrected chi connectivity index (χ0v) is 38.8. The molecule has 13 aromatic rings. The minimum absolute atomic E-state index is 0.549. The standard InChI is InChI=1S/C69H45NO/c1-3-23-53(24-4-1)69(54-25-5-2-6-26-54)64-31-13-11-29-60(64)61-39-38-56(45-65(61)69)70(55-36-33-46(34-37-55)48-21-15-22-51(41-48)58-30-16-20-47-17-9-10-27-57(47)58)66-32-14-12-28-59(66)52-35-40-67-62(43-52)63-42-49-18-7-8-19-50(49)44-68(63)71-67/h1-45H. The van der Waals surface area contributed by atoms with Crippen molar-refractivity contribution in [3.8, 4) is 44.5 Å². The highest BCUT2D eigenvalue weighted by Gasteiger charge is 2.46. The van der Waals surface area contributed by atoms with E-state index in [0.29, 0.717) is 0 Å². The molecule has 0 amide bonds. The van der Waals surface area contributed by atoms with Crippen LogP contribution in [-0.4, -0.2) is 0 Å². The summed E-state index contributed by atoms with van der Waals surface area (Å²) in [6.45, 7) is 0. The molecular weight excluding hydrogens is 859 g/mol. The van der Waals surface area contributed by atoms with Gasteiger partial charge < -0.3 is 9.32 Å². The van der Waals surface area contributed by atoms with Crippen molar-refractivity contribution in [2.75, 3.05) is 4.90 Å². The molecule has 0 spiro atoms. The highest BCUT2D eigenvalue weighted by Crippen LogP contribution is 2.57. The number of anilines is 3. The summed E-state index contributed by atoms with van der Waals surface area (Å²) in [6, 6.07) is 100. The Morgan fingerprint density at radius 2 is 0.845 bits per heavy atom. The number of furan rings is 1. The normalized spacial score (nSPS) is 12.6. The van der Waals surface area contributed by atoms with Gasteiger partial charge in [0.25, 0.3) is 0 Å². The SMILES string of the molecule is c1ccc(C2(c3ccccc3)c3ccccc3-c3ccc(N(c4ccc(-c5cccc(-c6cccc7ccccc67)c5)cc4)c4ccccc4-c4ccc5oc6cc7ccccc7cc6c5c4)cc32)cc1. The van der Waals surface area contributed by atoms with Crippen LogP contribution in [-0.2, 0) is 5.41 Å². The van der Waals surface area contributed by atoms with E-state index in [1.165, 1.54) is 71.6 Å². The molecule has 0 fully saturated rings. The van der Waals surface area contributed by atoms with Gasteiger partial charge >= 0.3 is 0 Å². The van der Waals surface area contributed by atoms with Gasteiger partial charge in [-0.2, -0.15) is 0 Å². The van der Waals surface area contributed by atoms with Crippen molar-refractivity contribution in [2.45, 2.75) is 5.41 Å². The van der Waals surface area contributed by atoms with E-state index in [4.69, 9.17) is 4.42 Å². The molecule has 2 nitrogen and oxygen atoms in total. The van der Waals surface area contributed by atoms with Gasteiger partial charge in [0.15, 0.2) is 0 Å². The van der Waals surface area contributed by atoms with Gasteiger partial charge in [0.2, 0.25) is 0 Å². The molecule has 0 bridgehead atoms. The second-order valence-corrected chi connectivity index (χ2v) is 18.8. The summed E-state index contributed by atoms with van der Waals surface area (Å²) in [5, 5.41) is 7.09. The predicted molar refractivity (Wildman–Crippen MR) is 297 cm³/mol. The Kier molecular flexibility index (Phi) is 9.47. The maximum Gasteiger partial charge on any atom is 0.136 e. The second-order valence-electron chi connectivity index (χ2n) is 18.8. The summed E-state index contributed by atoms with van der Waals surface area (Å²) in [5.41, 5.74) is 19.0. The minimum atomic E-state index is -0.549. The molecule has 0 N–H and O–H groups in total. The van der Waals surface area contributed by atoms with Crippen LogP contribution in [0.1, 0.15) is 22.3 Å². The summed E-state index contributed by atoms with van der Waals surface area (Å²) in [6.07, 6.45) is 0. The average molecular weight is 904 g/mol. The number of benzene rings is 12. The van der Waals surface area contributed by atoms with E-state index in [0.717, 1.165) is 55.7 Å². The first-order chi connectivity index (χ1) is 35.2. The molecule has 2 heteroatoms. The lowest BCUT2D eigenvalue weighted by molar-refractivity contribution is 0.669. The van der Waals surface area contributed by atoms with Crippen LogP contribution < -0.4 is 4.90 Å². The first-order valence-corrected chi connectivity index (χ1v) is 24.5. The minimum Gasteiger partial charge on any atom is -0.456 e. The summed E-state index contributed by atoms with van der Waals surface area (Å²) in [4.78, 5) is 2.46. The van der Waals surface area contributed by atoms with Crippen LogP contribution in [0.25, 0.3) is 88.0 Å². The summed E-state index contributed by atoms with van der Waals surface area (Å²) >= 11 is 0. The van der Waals surface area contributed by atoms with Crippen molar-refractivity contribution < 1.29 is 4.42 Å². The number of hydrogen-bond acceptors (Lipinski definition) is 2. The van der Waals surface area contributed by atoms with Crippen molar-refractivity contribution in [3.63, 3.8) is 0 Å². The Morgan fingerprint density at radius 3 is 1.65 bits per heavy atom. The zero-order valence-electron chi connectivity index (χ0n) is 38.8. The number of fused-ring (bicyclic) bond motifs is 8. The first-order valence-electron chi connectivity index (χ1n) is 24.5. The van der Waals surface area contributed by atoms with Crippen LogP contribution in [0.4, 0.5) is 17.1 Å². The van der Waals surface area contributed by atoms with E-state index in [-0.39, 0.29) is 0 Å². The number of para-hydroxylation sites is 1. The summed E-state index contributed by atoms with van der Waals surface area (Å²) < 4.78 is 6.52. The number of rotatable bonds is 8. The van der Waals surface area contributed by atoms with Gasteiger partial charge in [-0.05, 0) is 143 Å². The van der Waals surface area contributed by atoms with E-state index in [1.54, 1.807) is 0 Å². The Morgan fingerprint density at radius 1 is 0.282 bits per heavy atom. The smallest absolute Gasteiger partial charge is 0.136 e. The number of nitrogens with zero attached hydrogens (tertiary/aromatic N) is 1. The van der Waals surface area contributed by atoms with Crippen LogP contribution in [0.5, 0.6) is 0 Å². The molecule has 0 saturated heterocycles. The Bertz CT molecular complexity index is 4120. The van der Waals surface area contributed by atoms with Crippen LogP contribution >= 0.6 is 0 Å². The van der Waals surface area contributed by atoms with Crippen molar-refractivity contribution in [3.05, 3.63) is 295 Å². The maximum atomic E-state index is 6.52. The lowest BCUT2D eigenvalue weighted by Crippen LogP contribution is -2.28.